The fraction of sp³-hybridized carbons (Fsp3) is 0.206. The lowest BCUT2D eigenvalue weighted by molar-refractivity contribution is -0.126. The molecule has 1 fully saturated rings. The minimum absolute atomic E-state index is 0.0529. The third-order valence-corrected chi connectivity index (χ3v) is 7.56. The van der Waals surface area contributed by atoms with Gasteiger partial charge in [-0.25, -0.2) is 9.97 Å². The Morgan fingerprint density at radius 3 is 2.72 bits per heavy atom. The number of piperazine rings is 1. The minimum atomic E-state index is -0.0529. The van der Waals surface area contributed by atoms with Crippen LogP contribution in [0.4, 0.5) is 11.6 Å². The summed E-state index contributed by atoms with van der Waals surface area (Å²) in [4.78, 5) is 29.9. The van der Waals surface area contributed by atoms with Gasteiger partial charge in [0.25, 0.3) is 0 Å². The van der Waals surface area contributed by atoms with E-state index in [2.05, 4.69) is 44.6 Å². The van der Waals surface area contributed by atoms with Gasteiger partial charge in [-0.1, -0.05) is 30.9 Å². The molecule has 0 spiro atoms. The molecule has 0 saturated carbocycles. The summed E-state index contributed by atoms with van der Waals surface area (Å²) in [6.07, 6.45) is 13.1. The van der Waals surface area contributed by atoms with Crippen molar-refractivity contribution < 1.29 is 14.3 Å². The Hall–Kier alpha value is -5.40. The number of carbonyl (C=O) groups is 1. The Morgan fingerprint density at radius 1 is 1.07 bits per heavy atom. The number of carbonyl (C=O) groups excluding carboxylic acids is 1. The molecule has 43 heavy (non-hydrogen) atoms. The molecule has 1 aromatic heterocycles. The zero-order valence-electron chi connectivity index (χ0n) is 24.2. The van der Waals surface area contributed by atoms with E-state index in [0.717, 1.165) is 45.1 Å². The van der Waals surface area contributed by atoms with Gasteiger partial charge < -0.3 is 24.6 Å². The van der Waals surface area contributed by atoms with Crippen LogP contribution in [0, 0.1) is 0 Å². The first kappa shape index (κ1) is 27.8. The Bertz CT molecular complexity index is 1740. The zero-order valence-corrected chi connectivity index (χ0v) is 24.2. The smallest absolute Gasteiger partial charge is 0.246 e. The molecular weight excluding hydrogens is 540 g/mol. The molecule has 9 nitrogen and oxygen atoms in total. The van der Waals surface area contributed by atoms with Gasteiger partial charge >= 0.3 is 0 Å². The van der Waals surface area contributed by atoms with Crippen molar-refractivity contribution >= 4 is 41.0 Å². The van der Waals surface area contributed by atoms with Gasteiger partial charge in [-0.3, -0.25) is 9.79 Å². The largest absolute Gasteiger partial charge is 0.493 e. The zero-order chi connectivity index (χ0) is 29.8. The average Bonchev–Trinajstić information content (AvgIpc) is 3.06. The summed E-state index contributed by atoms with van der Waals surface area (Å²) in [6, 6.07) is 11.9. The highest BCUT2D eigenvalue weighted by Gasteiger charge is 2.23. The van der Waals surface area contributed by atoms with E-state index < -0.39 is 0 Å². The lowest BCUT2D eigenvalue weighted by Crippen LogP contribution is -2.48. The number of benzene rings is 2. The van der Waals surface area contributed by atoms with E-state index in [1.165, 1.54) is 6.08 Å². The molecule has 1 aliphatic carbocycles. The van der Waals surface area contributed by atoms with Gasteiger partial charge in [-0.05, 0) is 77.8 Å². The number of nitrogens with zero attached hydrogens (tertiary/aromatic N) is 5. The maximum atomic E-state index is 11.9. The van der Waals surface area contributed by atoms with Crippen molar-refractivity contribution in [2.24, 2.45) is 4.99 Å². The molecule has 0 unspecified atom stereocenters. The van der Waals surface area contributed by atoms with Gasteiger partial charge in [0.1, 0.15) is 18.1 Å². The van der Waals surface area contributed by atoms with Crippen LogP contribution in [0.25, 0.3) is 17.7 Å². The van der Waals surface area contributed by atoms with Gasteiger partial charge in [0, 0.05) is 26.2 Å². The topological polar surface area (TPSA) is 92.2 Å². The Labute approximate surface area is 250 Å². The summed E-state index contributed by atoms with van der Waals surface area (Å²) >= 11 is 0. The quantitative estimate of drug-likeness (QED) is 0.292. The highest BCUT2D eigenvalue weighted by molar-refractivity contribution is 6.13. The van der Waals surface area contributed by atoms with Crippen LogP contribution in [0.2, 0.25) is 0 Å². The molecule has 3 heterocycles. The van der Waals surface area contributed by atoms with E-state index in [1.807, 2.05) is 61.6 Å². The SMILES string of the molecule is C=CC(=O)N1CCN(c2ncc3c(n2)C(/C=C/c2ccc(Oc4ccc5c(c4)C=C=CC5=CC)c(OC)c2)=NCN3)CC1. The van der Waals surface area contributed by atoms with Gasteiger partial charge in [0.2, 0.25) is 11.9 Å². The lowest BCUT2D eigenvalue weighted by Gasteiger charge is -2.34. The molecule has 1 N–H and O–H groups in total. The number of methoxy groups -OCH3 is 1. The number of allylic oxidation sites excluding steroid dienone is 4. The summed E-state index contributed by atoms with van der Waals surface area (Å²) in [5.41, 5.74) is 9.81. The highest BCUT2D eigenvalue weighted by Crippen LogP contribution is 2.35. The second-order valence-electron chi connectivity index (χ2n) is 10.1. The van der Waals surface area contributed by atoms with Crippen molar-refractivity contribution in [1.29, 1.82) is 0 Å². The Morgan fingerprint density at radius 2 is 1.93 bits per heavy atom. The van der Waals surface area contributed by atoms with Crippen molar-refractivity contribution in [2.45, 2.75) is 6.92 Å². The van der Waals surface area contributed by atoms with Crippen molar-refractivity contribution in [3.05, 3.63) is 102 Å². The predicted molar refractivity (Wildman–Crippen MR) is 171 cm³/mol. The average molecular weight is 573 g/mol. The van der Waals surface area contributed by atoms with Crippen LogP contribution in [0.1, 0.15) is 29.3 Å². The fourth-order valence-corrected chi connectivity index (χ4v) is 5.22. The first-order valence-electron chi connectivity index (χ1n) is 14.2. The molecule has 2 aromatic carbocycles. The number of aliphatic imine (C=N–C) groups is 1. The third-order valence-electron chi connectivity index (χ3n) is 7.56. The third kappa shape index (κ3) is 5.84. The first-order valence-corrected chi connectivity index (χ1v) is 14.2. The summed E-state index contributed by atoms with van der Waals surface area (Å²) in [5, 5.41) is 3.25. The van der Waals surface area contributed by atoms with Gasteiger partial charge in [-0.15, -0.1) is 5.73 Å². The number of rotatable bonds is 7. The van der Waals surface area contributed by atoms with Crippen LogP contribution in [0.3, 0.4) is 0 Å². The molecular formula is C34H32N6O3. The van der Waals surface area contributed by atoms with E-state index in [9.17, 15) is 4.79 Å². The summed E-state index contributed by atoms with van der Waals surface area (Å²) < 4.78 is 11.9. The number of anilines is 2. The van der Waals surface area contributed by atoms with Crippen molar-refractivity contribution in [1.82, 2.24) is 14.9 Å². The molecule has 9 heteroatoms. The number of nitrogens with one attached hydrogen (secondary N) is 1. The number of aromatic nitrogens is 2. The van der Waals surface area contributed by atoms with Crippen LogP contribution >= 0.6 is 0 Å². The van der Waals surface area contributed by atoms with E-state index in [-0.39, 0.29) is 5.91 Å². The number of hydrogen-bond acceptors (Lipinski definition) is 8. The second kappa shape index (κ2) is 12.2. The molecule has 1 amide bonds. The Kier molecular flexibility index (Phi) is 7.89. The van der Waals surface area contributed by atoms with Crippen molar-refractivity contribution in [3.63, 3.8) is 0 Å². The van der Waals surface area contributed by atoms with Crippen LogP contribution in [-0.2, 0) is 4.79 Å². The molecule has 0 radical (unpaired) electrons. The van der Waals surface area contributed by atoms with Crippen molar-refractivity contribution in [2.75, 3.05) is 50.2 Å². The fourth-order valence-electron chi connectivity index (χ4n) is 5.22. The maximum absolute atomic E-state index is 11.9. The molecule has 3 aliphatic rings. The molecule has 2 aliphatic heterocycles. The van der Waals surface area contributed by atoms with Crippen LogP contribution in [0.5, 0.6) is 17.2 Å². The normalized spacial score (nSPS) is 16.4. The maximum Gasteiger partial charge on any atom is 0.246 e. The van der Waals surface area contributed by atoms with E-state index in [1.54, 1.807) is 18.2 Å². The van der Waals surface area contributed by atoms with E-state index in [0.29, 0.717) is 50.3 Å². The molecule has 6 rings (SSSR count). The number of amides is 1. The molecule has 3 aromatic rings. The standard InChI is InChI=1S/C34H32N6O3/c1-4-24-7-6-8-25-20-26(11-12-27(24)25)43-30-14-10-23(19-31(30)42-3)9-13-28-33-29(37-22-36-28)21-35-34(38-33)40-17-15-39(16-18-40)32(41)5-2/h4-5,7-14,19-21,37H,2,15-18,22H2,1,3H3/b13-9+,24-4?. The Balaban J connectivity index is 1.18. The van der Waals surface area contributed by atoms with Gasteiger partial charge in [0.15, 0.2) is 11.5 Å². The molecule has 216 valence electrons. The number of ether oxygens (including phenoxy) is 2. The molecule has 0 atom stereocenters. The minimum Gasteiger partial charge on any atom is -0.493 e. The van der Waals surface area contributed by atoms with Gasteiger partial charge in [0.05, 0.1) is 24.7 Å². The van der Waals surface area contributed by atoms with Crippen LogP contribution in [-0.4, -0.2) is 66.4 Å². The number of fused-ring (bicyclic) bond motifs is 2. The highest BCUT2D eigenvalue weighted by atomic mass is 16.5. The summed E-state index contributed by atoms with van der Waals surface area (Å²) in [7, 11) is 1.63. The van der Waals surface area contributed by atoms with Crippen LogP contribution < -0.4 is 19.7 Å². The second-order valence-corrected chi connectivity index (χ2v) is 10.1. The molecule has 1 saturated heterocycles. The van der Waals surface area contributed by atoms with E-state index >= 15 is 0 Å². The van der Waals surface area contributed by atoms with Crippen molar-refractivity contribution in [3.8, 4) is 17.2 Å². The molecule has 0 bridgehead atoms. The predicted octanol–water partition coefficient (Wildman–Crippen LogP) is 5.58. The summed E-state index contributed by atoms with van der Waals surface area (Å²) in [5.74, 6) is 2.53. The number of hydrogen-bond donors (Lipinski definition) is 1. The lowest BCUT2D eigenvalue weighted by atomic mass is 9.96. The van der Waals surface area contributed by atoms with Gasteiger partial charge in [-0.2, -0.15) is 0 Å². The van der Waals surface area contributed by atoms with E-state index in [4.69, 9.17) is 14.5 Å². The monoisotopic (exact) mass is 572 g/mol. The van der Waals surface area contributed by atoms with Crippen LogP contribution in [0.15, 0.2) is 84.2 Å². The summed E-state index contributed by atoms with van der Waals surface area (Å²) in [6.45, 7) is 8.55. The first-order chi connectivity index (χ1) is 21.1.